The number of halogens is 3. The monoisotopic (exact) mass is 274 g/mol. The van der Waals surface area contributed by atoms with E-state index in [0.717, 1.165) is 10.4 Å². The molecular weight excluding hydrogens is 266 g/mol. The smallest absolute Gasteiger partial charge is 0.126 e. The molecular formula is C12H9Cl2FS. The first-order valence-electron chi connectivity index (χ1n) is 4.72. The van der Waals surface area contributed by atoms with Crippen molar-refractivity contribution in [3.05, 3.63) is 56.5 Å². The molecule has 1 aromatic heterocycles. The van der Waals surface area contributed by atoms with Crippen molar-refractivity contribution in [3.63, 3.8) is 0 Å². The minimum absolute atomic E-state index is 0.240. The summed E-state index contributed by atoms with van der Waals surface area (Å²) in [5, 5.41) is 2.12. The molecule has 1 atom stereocenters. The molecule has 0 nitrogen and oxygen atoms in total. The first-order valence-corrected chi connectivity index (χ1v) is 6.42. The maximum Gasteiger partial charge on any atom is 0.126 e. The van der Waals surface area contributed by atoms with Crippen LogP contribution in [0.4, 0.5) is 4.39 Å². The lowest BCUT2D eigenvalue weighted by molar-refractivity contribution is 0.616. The third-order valence-corrected chi connectivity index (χ3v) is 4.39. The second kappa shape index (κ2) is 4.74. The molecule has 0 amide bonds. The van der Waals surface area contributed by atoms with Crippen LogP contribution in [0.3, 0.4) is 0 Å². The predicted molar refractivity (Wildman–Crippen MR) is 68.2 cm³/mol. The second-order valence-corrected chi connectivity index (χ2v) is 5.30. The normalized spacial score (nSPS) is 12.8. The fourth-order valence-corrected chi connectivity index (χ4v) is 3.04. The Morgan fingerprint density at radius 1 is 1.31 bits per heavy atom. The summed E-state index contributed by atoms with van der Waals surface area (Å²) in [5.74, 6) is -0.240. The lowest BCUT2D eigenvalue weighted by Crippen LogP contribution is -1.93. The number of hydrogen-bond acceptors (Lipinski definition) is 1. The van der Waals surface area contributed by atoms with Gasteiger partial charge in [0.15, 0.2) is 0 Å². The molecule has 0 saturated carbocycles. The molecule has 16 heavy (non-hydrogen) atoms. The van der Waals surface area contributed by atoms with Gasteiger partial charge in [0.1, 0.15) is 5.82 Å². The van der Waals surface area contributed by atoms with Gasteiger partial charge in [0.25, 0.3) is 0 Å². The van der Waals surface area contributed by atoms with Gasteiger partial charge in [-0.15, -0.1) is 22.9 Å². The molecule has 0 N–H and O–H groups in total. The standard InChI is InChI=1S/C12H9Cl2FS/c1-7-2-3-8(6-10(7)15)11(14)12-9(13)4-5-16-12/h2-6,11H,1H3. The predicted octanol–water partition coefficient (Wildman–Crippen LogP) is 5.18. The van der Waals surface area contributed by atoms with Crippen LogP contribution < -0.4 is 0 Å². The van der Waals surface area contributed by atoms with E-state index in [-0.39, 0.29) is 11.2 Å². The Hall–Kier alpha value is -0.570. The summed E-state index contributed by atoms with van der Waals surface area (Å²) in [5.41, 5.74) is 1.35. The highest BCUT2D eigenvalue weighted by atomic mass is 35.5. The van der Waals surface area contributed by atoms with Gasteiger partial charge in [0.05, 0.1) is 10.4 Å². The quantitative estimate of drug-likeness (QED) is 0.663. The average Bonchev–Trinajstić information content (AvgIpc) is 2.67. The van der Waals surface area contributed by atoms with Gasteiger partial charge in [0, 0.05) is 4.88 Å². The van der Waals surface area contributed by atoms with Gasteiger partial charge in [-0.05, 0) is 35.6 Å². The third kappa shape index (κ3) is 2.24. The van der Waals surface area contributed by atoms with Crippen LogP contribution in [0.25, 0.3) is 0 Å². The van der Waals surface area contributed by atoms with E-state index < -0.39 is 0 Å². The summed E-state index contributed by atoms with van der Waals surface area (Å²) in [4.78, 5) is 0.853. The van der Waals surface area contributed by atoms with Gasteiger partial charge in [-0.2, -0.15) is 0 Å². The SMILES string of the molecule is Cc1ccc(C(Cl)c2sccc2Cl)cc1F. The molecule has 1 unspecified atom stereocenters. The van der Waals surface area contributed by atoms with Crippen LogP contribution in [0.15, 0.2) is 29.6 Å². The highest BCUT2D eigenvalue weighted by molar-refractivity contribution is 7.11. The molecule has 0 radical (unpaired) electrons. The van der Waals surface area contributed by atoms with E-state index in [4.69, 9.17) is 23.2 Å². The Morgan fingerprint density at radius 3 is 2.62 bits per heavy atom. The number of rotatable bonds is 2. The summed E-state index contributed by atoms with van der Waals surface area (Å²) in [6.45, 7) is 1.72. The molecule has 0 bridgehead atoms. The van der Waals surface area contributed by atoms with E-state index in [1.54, 1.807) is 19.1 Å². The molecule has 0 aliphatic carbocycles. The summed E-state index contributed by atoms with van der Waals surface area (Å²) in [6.07, 6.45) is 0. The highest BCUT2D eigenvalue weighted by Crippen LogP contribution is 2.37. The van der Waals surface area contributed by atoms with Crippen molar-refractivity contribution in [2.24, 2.45) is 0 Å². The Balaban J connectivity index is 2.38. The zero-order chi connectivity index (χ0) is 11.7. The molecule has 0 aliphatic heterocycles. The fourth-order valence-electron chi connectivity index (χ4n) is 1.40. The molecule has 2 aromatic rings. The second-order valence-electron chi connectivity index (χ2n) is 3.50. The number of aryl methyl sites for hydroxylation is 1. The lowest BCUT2D eigenvalue weighted by Gasteiger charge is -2.09. The molecule has 1 heterocycles. The molecule has 0 fully saturated rings. The molecule has 4 heteroatoms. The average molecular weight is 275 g/mol. The first-order chi connectivity index (χ1) is 7.59. The zero-order valence-corrected chi connectivity index (χ0v) is 10.8. The highest BCUT2D eigenvalue weighted by Gasteiger charge is 2.16. The lowest BCUT2D eigenvalue weighted by atomic mass is 10.1. The van der Waals surface area contributed by atoms with Gasteiger partial charge in [-0.25, -0.2) is 4.39 Å². The maximum absolute atomic E-state index is 13.4. The van der Waals surface area contributed by atoms with Gasteiger partial charge in [-0.1, -0.05) is 23.7 Å². The molecule has 2 rings (SSSR count). The summed E-state index contributed by atoms with van der Waals surface area (Å²) in [7, 11) is 0. The third-order valence-electron chi connectivity index (χ3n) is 2.36. The van der Waals surface area contributed by atoms with Crippen LogP contribution in [-0.2, 0) is 0 Å². The summed E-state index contributed by atoms with van der Waals surface area (Å²) < 4.78 is 13.4. The van der Waals surface area contributed by atoms with E-state index in [9.17, 15) is 4.39 Å². The van der Waals surface area contributed by atoms with Gasteiger partial charge in [0.2, 0.25) is 0 Å². The van der Waals surface area contributed by atoms with E-state index in [1.807, 2.05) is 11.4 Å². The number of thiophene rings is 1. The van der Waals surface area contributed by atoms with Crippen LogP contribution in [0.5, 0.6) is 0 Å². The molecule has 1 aromatic carbocycles. The molecule has 0 spiro atoms. The maximum atomic E-state index is 13.4. The minimum atomic E-state index is -0.386. The van der Waals surface area contributed by atoms with Crippen molar-refractivity contribution < 1.29 is 4.39 Å². The van der Waals surface area contributed by atoms with Gasteiger partial charge in [-0.3, -0.25) is 0 Å². The first kappa shape index (κ1) is 11.9. The fraction of sp³-hybridized carbons (Fsp3) is 0.167. The van der Waals surface area contributed by atoms with Crippen molar-refractivity contribution in [1.82, 2.24) is 0 Å². The van der Waals surface area contributed by atoms with Gasteiger partial charge < -0.3 is 0 Å². The van der Waals surface area contributed by atoms with E-state index >= 15 is 0 Å². The molecule has 0 saturated heterocycles. The van der Waals surface area contributed by atoms with Crippen molar-refractivity contribution in [3.8, 4) is 0 Å². The molecule has 0 aliphatic rings. The Labute approximate surface area is 108 Å². The van der Waals surface area contributed by atoms with E-state index in [2.05, 4.69) is 0 Å². The minimum Gasteiger partial charge on any atom is -0.207 e. The van der Waals surface area contributed by atoms with Crippen LogP contribution in [0, 0.1) is 12.7 Å². The Morgan fingerprint density at radius 2 is 2.06 bits per heavy atom. The number of hydrogen-bond donors (Lipinski definition) is 0. The summed E-state index contributed by atoms with van der Waals surface area (Å²) >= 11 is 13.7. The van der Waals surface area contributed by atoms with E-state index in [0.29, 0.717) is 10.6 Å². The Bertz CT molecular complexity index is 507. The van der Waals surface area contributed by atoms with Crippen molar-refractivity contribution in [2.45, 2.75) is 12.3 Å². The number of benzene rings is 1. The van der Waals surface area contributed by atoms with Crippen LogP contribution in [0.2, 0.25) is 5.02 Å². The van der Waals surface area contributed by atoms with Crippen LogP contribution >= 0.6 is 34.5 Å². The van der Waals surface area contributed by atoms with Crippen molar-refractivity contribution >= 4 is 34.5 Å². The Kier molecular flexibility index (Phi) is 3.53. The van der Waals surface area contributed by atoms with Gasteiger partial charge >= 0.3 is 0 Å². The topological polar surface area (TPSA) is 0 Å². The number of alkyl halides is 1. The van der Waals surface area contributed by atoms with Crippen molar-refractivity contribution in [2.75, 3.05) is 0 Å². The summed E-state index contributed by atoms with van der Waals surface area (Å²) in [6, 6.07) is 6.80. The zero-order valence-electron chi connectivity index (χ0n) is 8.51. The molecule has 84 valence electrons. The van der Waals surface area contributed by atoms with Crippen LogP contribution in [-0.4, -0.2) is 0 Å². The van der Waals surface area contributed by atoms with Crippen molar-refractivity contribution in [1.29, 1.82) is 0 Å². The largest absolute Gasteiger partial charge is 0.207 e. The van der Waals surface area contributed by atoms with Crippen LogP contribution in [0.1, 0.15) is 21.4 Å². The van der Waals surface area contributed by atoms with E-state index in [1.165, 1.54) is 17.4 Å².